The highest BCUT2D eigenvalue weighted by Gasteiger charge is 2.22. The summed E-state index contributed by atoms with van der Waals surface area (Å²) in [6.45, 7) is 4.16. The van der Waals surface area contributed by atoms with E-state index in [9.17, 15) is 0 Å². The number of piperidine rings is 1. The van der Waals surface area contributed by atoms with Crippen LogP contribution in [0, 0.1) is 0 Å². The van der Waals surface area contributed by atoms with Gasteiger partial charge in [0.1, 0.15) is 18.0 Å². The average molecular weight is 286 g/mol. The van der Waals surface area contributed by atoms with Crippen LogP contribution in [-0.2, 0) is 6.42 Å². The Labute approximate surface area is 125 Å². The molecule has 112 valence electrons. The lowest BCUT2D eigenvalue weighted by molar-refractivity contribution is 0.366. The van der Waals surface area contributed by atoms with Gasteiger partial charge in [0.2, 0.25) is 0 Å². The van der Waals surface area contributed by atoms with Gasteiger partial charge in [0.15, 0.2) is 0 Å². The number of nitrogen functional groups attached to an aromatic ring is 1. The fraction of sp³-hybridized carbons (Fsp3) is 0.533. The van der Waals surface area contributed by atoms with Gasteiger partial charge in [-0.05, 0) is 25.3 Å². The van der Waals surface area contributed by atoms with E-state index in [1.54, 1.807) is 6.33 Å². The van der Waals surface area contributed by atoms with Gasteiger partial charge in [-0.2, -0.15) is 5.10 Å². The van der Waals surface area contributed by atoms with Gasteiger partial charge >= 0.3 is 0 Å². The monoisotopic (exact) mass is 286 g/mol. The molecule has 3 heterocycles. The molecule has 2 aromatic rings. The Morgan fingerprint density at radius 3 is 2.76 bits per heavy atom. The first kappa shape index (κ1) is 13.9. The third-order valence-electron chi connectivity index (χ3n) is 4.01. The molecule has 1 saturated heterocycles. The quantitative estimate of drug-likeness (QED) is 0.931. The summed E-state index contributed by atoms with van der Waals surface area (Å²) in [4.78, 5) is 11.1. The zero-order valence-electron chi connectivity index (χ0n) is 12.4. The molecule has 0 radical (unpaired) electrons. The van der Waals surface area contributed by atoms with Crippen molar-refractivity contribution in [3.63, 3.8) is 0 Å². The van der Waals surface area contributed by atoms with Crippen LogP contribution in [0.3, 0.4) is 0 Å². The minimum atomic E-state index is 0.440. The Kier molecular flexibility index (Phi) is 4.03. The molecule has 21 heavy (non-hydrogen) atoms. The first-order valence-corrected chi connectivity index (χ1v) is 7.62. The van der Waals surface area contributed by atoms with Crippen LogP contribution in [-0.4, -0.2) is 32.8 Å². The summed E-state index contributed by atoms with van der Waals surface area (Å²) in [5, 5.41) is 4.32. The van der Waals surface area contributed by atoms with Crippen molar-refractivity contribution in [2.45, 2.75) is 38.6 Å². The minimum Gasteiger partial charge on any atom is -0.382 e. The molecule has 1 aliphatic rings. The third kappa shape index (κ3) is 3.15. The highest BCUT2D eigenvalue weighted by Crippen LogP contribution is 2.25. The predicted octanol–water partition coefficient (Wildman–Crippen LogP) is 2.05. The number of aryl methyl sites for hydroxylation is 1. The maximum atomic E-state index is 5.69. The first-order valence-electron chi connectivity index (χ1n) is 7.62. The molecule has 0 aromatic carbocycles. The number of hydrogen-bond acceptors (Lipinski definition) is 5. The van der Waals surface area contributed by atoms with Crippen LogP contribution in [0.4, 0.5) is 11.6 Å². The van der Waals surface area contributed by atoms with E-state index in [1.165, 1.54) is 0 Å². The predicted molar refractivity (Wildman–Crippen MR) is 83.2 cm³/mol. The van der Waals surface area contributed by atoms with Gasteiger partial charge in [0.05, 0.1) is 6.04 Å². The lowest BCUT2D eigenvalue weighted by Crippen LogP contribution is -2.35. The van der Waals surface area contributed by atoms with E-state index >= 15 is 0 Å². The van der Waals surface area contributed by atoms with Crippen LogP contribution in [0.15, 0.2) is 24.7 Å². The fourth-order valence-electron chi connectivity index (χ4n) is 2.87. The normalized spacial score (nSPS) is 16.3. The van der Waals surface area contributed by atoms with E-state index in [-0.39, 0.29) is 0 Å². The molecule has 0 unspecified atom stereocenters. The molecule has 1 fully saturated rings. The Morgan fingerprint density at radius 2 is 2.10 bits per heavy atom. The number of rotatable bonds is 4. The number of anilines is 2. The van der Waals surface area contributed by atoms with E-state index < -0.39 is 0 Å². The third-order valence-corrected chi connectivity index (χ3v) is 4.01. The van der Waals surface area contributed by atoms with E-state index in [1.807, 2.05) is 16.9 Å². The summed E-state index contributed by atoms with van der Waals surface area (Å²) in [6, 6.07) is 4.42. The fourth-order valence-corrected chi connectivity index (χ4v) is 2.87. The van der Waals surface area contributed by atoms with Crippen molar-refractivity contribution in [2.75, 3.05) is 23.7 Å². The van der Waals surface area contributed by atoms with Gasteiger partial charge in [0.25, 0.3) is 0 Å². The van der Waals surface area contributed by atoms with Gasteiger partial charge in [0, 0.05) is 31.0 Å². The van der Waals surface area contributed by atoms with Gasteiger partial charge in [-0.1, -0.05) is 13.3 Å². The largest absolute Gasteiger partial charge is 0.382 e. The molecular formula is C15H22N6. The summed E-state index contributed by atoms with van der Waals surface area (Å²) < 4.78 is 2.00. The maximum absolute atomic E-state index is 5.69. The molecule has 0 spiro atoms. The molecule has 0 bridgehead atoms. The molecule has 6 heteroatoms. The standard InChI is InChI=1S/C15H22N6/c1-2-3-12-10-15(18-11-17-12)20-7-4-13(5-8-20)21-9-6-14(16)19-21/h6,9-11,13H,2-5,7-8H2,1H3,(H2,16,19). The van der Waals surface area contributed by atoms with Gasteiger partial charge in [-0.3, -0.25) is 4.68 Å². The highest BCUT2D eigenvalue weighted by atomic mass is 15.3. The van der Waals surface area contributed by atoms with E-state index in [2.05, 4.69) is 33.0 Å². The molecule has 0 atom stereocenters. The summed E-state index contributed by atoms with van der Waals surface area (Å²) >= 11 is 0. The number of nitrogens with two attached hydrogens (primary N) is 1. The maximum Gasteiger partial charge on any atom is 0.145 e. The van der Waals surface area contributed by atoms with E-state index in [0.29, 0.717) is 11.9 Å². The second-order valence-corrected chi connectivity index (χ2v) is 5.56. The lowest BCUT2D eigenvalue weighted by Gasteiger charge is -2.32. The zero-order valence-corrected chi connectivity index (χ0v) is 12.4. The van der Waals surface area contributed by atoms with Crippen molar-refractivity contribution in [3.8, 4) is 0 Å². The second kappa shape index (κ2) is 6.11. The van der Waals surface area contributed by atoms with Crippen LogP contribution < -0.4 is 10.6 Å². The second-order valence-electron chi connectivity index (χ2n) is 5.56. The topological polar surface area (TPSA) is 72.9 Å². The molecule has 2 N–H and O–H groups in total. The van der Waals surface area contributed by atoms with Crippen LogP contribution in [0.25, 0.3) is 0 Å². The zero-order chi connectivity index (χ0) is 14.7. The minimum absolute atomic E-state index is 0.440. The van der Waals surface area contributed by atoms with Crippen molar-refractivity contribution < 1.29 is 0 Å². The highest BCUT2D eigenvalue weighted by molar-refractivity contribution is 5.39. The summed E-state index contributed by atoms with van der Waals surface area (Å²) in [7, 11) is 0. The molecule has 6 nitrogen and oxygen atoms in total. The van der Waals surface area contributed by atoms with Crippen molar-refractivity contribution in [1.29, 1.82) is 0 Å². The summed E-state index contributed by atoms with van der Waals surface area (Å²) in [5.41, 5.74) is 6.82. The summed E-state index contributed by atoms with van der Waals surface area (Å²) in [5.74, 6) is 1.64. The van der Waals surface area contributed by atoms with Crippen molar-refractivity contribution in [3.05, 3.63) is 30.4 Å². The van der Waals surface area contributed by atoms with Gasteiger partial charge in [-0.15, -0.1) is 0 Å². The van der Waals surface area contributed by atoms with Crippen LogP contribution in [0.5, 0.6) is 0 Å². The molecular weight excluding hydrogens is 264 g/mol. The smallest absolute Gasteiger partial charge is 0.145 e. The van der Waals surface area contributed by atoms with Gasteiger partial charge in [-0.25, -0.2) is 9.97 Å². The SMILES string of the molecule is CCCc1cc(N2CCC(n3ccc(N)n3)CC2)ncn1. The summed E-state index contributed by atoms with van der Waals surface area (Å²) in [6.07, 6.45) is 7.90. The molecule has 0 amide bonds. The Hall–Kier alpha value is -2.11. The molecule has 0 aliphatic carbocycles. The number of hydrogen-bond donors (Lipinski definition) is 1. The Morgan fingerprint density at radius 1 is 1.29 bits per heavy atom. The number of aromatic nitrogens is 4. The van der Waals surface area contributed by atoms with Crippen LogP contribution in [0.2, 0.25) is 0 Å². The Balaban J connectivity index is 1.64. The van der Waals surface area contributed by atoms with E-state index in [0.717, 1.165) is 50.3 Å². The first-order chi connectivity index (χ1) is 10.3. The molecule has 3 rings (SSSR count). The molecule has 2 aromatic heterocycles. The van der Waals surface area contributed by atoms with Crippen LogP contribution in [0.1, 0.15) is 37.9 Å². The van der Waals surface area contributed by atoms with Crippen LogP contribution >= 0.6 is 0 Å². The Bertz CT molecular complexity index is 585. The van der Waals surface area contributed by atoms with Crippen molar-refractivity contribution in [2.24, 2.45) is 0 Å². The number of nitrogens with zero attached hydrogens (tertiary/aromatic N) is 5. The molecule has 1 aliphatic heterocycles. The van der Waals surface area contributed by atoms with Crippen molar-refractivity contribution >= 4 is 11.6 Å². The van der Waals surface area contributed by atoms with Gasteiger partial charge < -0.3 is 10.6 Å². The van der Waals surface area contributed by atoms with Crippen molar-refractivity contribution in [1.82, 2.24) is 19.7 Å². The lowest BCUT2D eigenvalue weighted by atomic mass is 10.1. The van der Waals surface area contributed by atoms with E-state index in [4.69, 9.17) is 5.73 Å². The molecule has 0 saturated carbocycles. The average Bonchev–Trinajstić information content (AvgIpc) is 2.95.